The summed E-state index contributed by atoms with van der Waals surface area (Å²) in [6.45, 7) is 0.127. The van der Waals surface area contributed by atoms with Crippen LogP contribution in [0.3, 0.4) is 0 Å². The van der Waals surface area contributed by atoms with Crippen LogP contribution in [0, 0.1) is 5.82 Å². The molecule has 0 radical (unpaired) electrons. The Hall–Kier alpha value is -2.09. The molecule has 0 fully saturated rings. The van der Waals surface area contributed by atoms with Crippen molar-refractivity contribution in [2.24, 2.45) is 0 Å². The molecule has 2 amide bonds. The quantitative estimate of drug-likeness (QED) is 0.521. The van der Waals surface area contributed by atoms with Crippen molar-refractivity contribution in [2.45, 2.75) is 6.54 Å². The average Bonchev–Trinajstić information content (AvgIpc) is 2.90. The lowest BCUT2D eigenvalue weighted by Crippen LogP contribution is -2.20. The summed E-state index contributed by atoms with van der Waals surface area (Å²) < 4.78 is 15.9. The molecular formula is C17H12BrCl2FN4O. The summed E-state index contributed by atoms with van der Waals surface area (Å²) >= 11 is 15.2. The van der Waals surface area contributed by atoms with Crippen LogP contribution in [0.2, 0.25) is 10.0 Å². The highest BCUT2D eigenvalue weighted by Gasteiger charge is 2.13. The number of nitrogens with zero attached hydrogens (tertiary/aromatic N) is 2. The lowest BCUT2D eigenvalue weighted by molar-refractivity contribution is 0.262. The zero-order valence-electron chi connectivity index (χ0n) is 13.1. The standard InChI is InChI=1S/C17H12BrCl2FN4O/c18-13-9-25(8-12-14(20)5-2-6-15(12)21)24-16(13)23-17(26)22-11-4-1-3-10(19)7-11/h1-7,9H,8H2,(H2,22,23,24,26). The molecule has 0 aliphatic carbocycles. The summed E-state index contributed by atoms with van der Waals surface area (Å²) in [5.74, 6) is -0.130. The normalized spacial score (nSPS) is 10.6. The largest absolute Gasteiger partial charge is 0.324 e. The summed E-state index contributed by atoms with van der Waals surface area (Å²) in [5, 5.41) is 10.3. The second-order valence-corrected chi connectivity index (χ2v) is 7.01. The number of amides is 2. The van der Waals surface area contributed by atoms with Gasteiger partial charge in [0.25, 0.3) is 0 Å². The van der Waals surface area contributed by atoms with E-state index in [2.05, 4.69) is 31.7 Å². The van der Waals surface area contributed by atoms with Gasteiger partial charge >= 0.3 is 6.03 Å². The second kappa shape index (κ2) is 8.07. The molecule has 0 aliphatic heterocycles. The molecule has 3 aromatic rings. The molecule has 9 heteroatoms. The number of nitrogens with one attached hydrogen (secondary N) is 2. The number of carbonyl (C=O) groups excluding carboxylic acids is 1. The lowest BCUT2D eigenvalue weighted by atomic mass is 10.2. The maximum Gasteiger partial charge on any atom is 0.324 e. The van der Waals surface area contributed by atoms with E-state index in [9.17, 15) is 9.18 Å². The molecule has 0 bridgehead atoms. The number of benzene rings is 2. The van der Waals surface area contributed by atoms with Gasteiger partial charge in [0.15, 0.2) is 5.82 Å². The monoisotopic (exact) mass is 456 g/mol. The summed E-state index contributed by atoms with van der Waals surface area (Å²) in [5.41, 5.74) is 0.864. The summed E-state index contributed by atoms with van der Waals surface area (Å²) in [4.78, 5) is 12.1. The Kier molecular flexibility index (Phi) is 5.80. The van der Waals surface area contributed by atoms with Gasteiger partial charge in [0, 0.05) is 27.5 Å². The lowest BCUT2D eigenvalue weighted by Gasteiger charge is -2.07. The summed E-state index contributed by atoms with van der Waals surface area (Å²) in [6.07, 6.45) is 1.62. The predicted octanol–water partition coefficient (Wildman–Crippen LogP) is 5.78. The van der Waals surface area contributed by atoms with Crippen LogP contribution in [0.4, 0.5) is 20.7 Å². The fraction of sp³-hybridized carbons (Fsp3) is 0.0588. The van der Waals surface area contributed by atoms with Crippen molar-refractivity contribution in [3.8, 4) is 0 Å². The first kappa shape index (κ1) is 18.7. The predicted molar refractivity (Wildman–Crippen MR) is 105 cm³/mol. The number of urea groups is 1. The maximum absolute atomic E-state index is 13.9. The van der Waals surface area contributed by atoms with Crippen molar-refractivity contribution in [1.82, 2.24) is 9.78 Å². The molecule has 0 aliphatic rings. The van der Waals surface area contributed by atoms with Crippen LogP contribution in [0.1, 0.15) is 5.56 Å². The molecule has 2 aromatic carbocycles. The zero-order chi connectivity index (χ0) is 18.7. The first-order valence-corrected chi connectivity index (χ1v) is 8.96. The number of halogens is 4. The molecule has 5 nitrogen and oxygen atoms in total. The number of aromatic nitrogens is 2. The molecule has 0 saturated heterocycles. The number of rotatable bonds is 4. The molecule has 0 saturated carbocycles. The first-order valence-electron chi connectivity index (χ1n) is 7.42. The van der Waals surface area contributed by atoms with Crippen LogP contribution in [-0.4, -0.2) is 15.8 Å². The molecule has 2 N–H and O–H groups in total. The molecule has 0 unspecified atom stereocenters. The third-order valence-corrected chi connectivity index (χ3v) is 4.58. The Morgan fingerprint density at radius 3 is 2.69 bits per heavy atom. The van der Waals surface area contributed by atoms with Crippen molar-refractivity contribution < 1.29 is 9.18 Å². The van der Waals surface area contributed by atoms with E-state index in [1.807, 2.05) is 0 Å². The van der Waals surface area contributed by atoms with Gasteiger partial charge in [0.2, 0.25) is 0 Å². The number of carbonyl (C=O) groups is 1. The molecule has 3 rings (SSSR count). The van der Waals surface area contributed by atoms with Crippen LogP contribution in [-0.2, 0) is 6.54 Å². The Balaban J connectivity index is 1.71. The zero-order valence-corrected chi connectivity index (χ0v) is 16.2. The average molecular weight is 458 g/mol. The van der Waals surface area contributed by atoms with E-state index in [-0.39, 0.29) is 12.4 Å². The van der Waals surface area contributed by atoms with Crippen LogP contribution >= 0.6 is 39.1 Å². The van der Waals surface area contributed by atoms with Gasteiger partial charge in [-0.3, -0.25) is 10.00 Å². The highest BCUT2D eigenvalue weighted by atomic mass is 79.9. The third-order valence-electron chi connectivity index (χ3n) is 3.41. The highest BCUT2D eigenvalue weighted by Crippen LogP contribution is 2.24. The van der Waals surface area contributed by atoms with Crippen molar-refractivity contribution in [3.63, 3.8) is 0 Å². The molecular weight excluding hydrogens is 446 g/mol. The van der Waals surface area contributed by atoms with Crippen LogP contribution in [0.15, 0.2) is 53.1 Å². The summed E-state index contributed by atoms with van der Waals surface area (Å²) in [6, 6.07) is 10.7. The first-order chi connectivity index (χ1) is 12.4. The Labute approximate surface area is 167 Å². The van der Waals surface area contributed by atoms with Crippen molar-refractivity contribution in [3.05, 3.63) is 74.6 Å². The van der Waals surface area contributed by atoms with Crippen LogP contribution in [0.5, 0.6) is 0 Å². The second-order valence-electron chi connectivity index (χ2n) is 5.31. The Morgan fingerprint density at radius 2 is 1.96 bits per heavy atom. The van der Waals surface area contributed by atoms with E-state index < -0.39 is 11.8 Å². The van der Waals surface area contributed by atoms with Gasteiger partial charge in [-0.1, -0.05) is 35.3 Å². The molecule has 0 atom stereocenters. The van der Waals surface area contributed by atoms with Gasteiger partial charge in [-0.15, -0.1) is 0 Å². The summed E-state index contributed by atoms with van der Waals surface area (Å²) in [7, 11) is 0. The minimum Gasteiger partial charge on any atom is -0.308 e. The van der Waals surface area contributed by atoms with E-state index in [0.717, 1.165) is 0 Å². The van der Waals surface area contributed by atoms with Gasteiger partial charge in [-0.25, -0.2) is 9.18 Å². The molecule has 1 aromatic heterocycles. The van der Waals surface area contributed by atoms with Crippen molar-refractivity contribution >= 4 is 56.7 Å². The molecule has 0 spiro atoms. The van der Waals surface area contributed by atoms with Gasteiger partial charge < -0.3 is 5.32 Å². The molecule has 1 heterocycles. The highest BCUT2D eigenvalue weighted by molar-refractivity contribution is 9.10. The fourth-order valence-corrected chi connectivity index (χ4v) is 3.07. The minimum absolute atomic E-state index is 0.127. The SMILES string of the molecule is O=C(Nc1cccc(Cl)c1)Nc1nn(Cc2c(F)cccc2Cl)cc1Br. The fourth-order valence-electron chi connectivity index (χ4n) is 2.24. The van der Waals surface area contributed by atoms with E-state index in [0.29, 0.717) is 25.8 Å². The smallest absolute Gasteiger partial charge is 0.308 e. The number of anilines is 2. The van der Waals surface area contributed by atoms with Crippen molar-refractivity contribution in [1.29, 1.82) is 0 Å². The van der Waals surface area contributed by atoms with Gasteiger partial charge in [-0.05, 0) is 46.3 Å². The van der Waals surface area contributed by atoms with E-state index in [1.165, 1.54) is 16.8 Å². The molecule has 26 heavy (non-hydrogen) atoms. The van der Waals surface area contributed by atoms with Crippen LogP contribution < -0.4 is 10.6 Å². The third kappa shape index (κ3) is 4.55. The Bertz CT molecular complexity index is 943. The number of hydrogen-bond donors (Lipinski definition) is 2. The maximum atomic E-state index is 13.9. The topological polar surface area (TPSA) is 59.0 Å². The van der Waals surface area contributed by atoms with Gasteiger partial charge in [-0.2, -0.15) is 5.10 Å². The minimum atomic E-state index is -0.484. The molecule has 134 valence electrons. The van der Waals surface area contributed by atoms with Crippen molar-refractivity contribution in [2.75, 3.05) is 10.6 Å². The van der Waals surface area contributed by atoms with E-state index in [4.69, 9.17) is 23.2 Å². The van der Waals surface area contributed by atoms with Gasteiger partial charge in [0.1, 0.15) is 5.82 Å². The van der Waals surface area contributed by atoms with Crippen LogP contribution in [0.25, 0.3) is 0 Å². The number of hydrogen-bond acceptors (Lipinski definition) is 2. The Morgan fingerprint density at radius 1 is 1.19 bits per heavy atom. The van der Waals surface area contributed by atoms with E-state index >= 15 is 0 Å². The van der Waals surface area contributed by atoms with Gasteiger partial charge in [0.05, 0.1) is 11.0 Å². The van der Waals surface area contributed by atoms with E-state index in [1.54, 1.807) is 36.5 Å².